The Balaban J connectivity index is 4.36. The molecule has 0 saturated carbocycles. The van der Waals surface area contributed by atoms with Crippen LogP contribution in [-0.4, -0.2) is 37.9 Å². The summed E-state index contributed by atoms with van der Waals surface area (Å²) >= 11 is 0. The molecule has 68 heavy (non-hydrogen) atoms. The van der Waals surface area contributed by atoms with Crippen molar-refractivity contribution in [3.8, 4) is 0 Å². The monoisotopic (exact) mass is 945 g/mol. The maximum atomic E-state index is 12.9. The maximum absolute atomic E-state index is 12.9. The van der Waals surface area contributed by atoms with Gasteiger partial charge in [-0.15, -0.1) is 0 Å². The molecule has 0 rings (SSSR count). The van der Waals surface area contributed by atoms with Crippen molar-refractivity contribution in [3.63, 3.8) is 0 Å². The van der Waals surface area contributed by atoms with E-state index in [1.165, 1.54) is 116 Å². The van der Waals surface area contributed by atoms with Crippen molar-refractivity contribution in [2.75, 3.05) is 19.8 Å². The number of unbranched alkanes of at least 4 members (excludes halogenated alkanes) is 25. The van der Waals surface area contributed by atoms with Gasteiger partial charge in [-0.05, 0) is 96.3 Å². The molecule has 0 saturated heterocycles. The van der Waals surface area contributed by atoms with Crippen molar-refractivity contribution in [2.45, 2.75) is 271 Å². The fourth-order valence-electron chi connectivity index (χ4n) is 7.90. The molecule has 0 radical (unpaired) electrons. The Morgan fingerprint density at radius 2 is 0.662 bits per heavy atom. The lowest BCUT2D eigenvalue weighted by Gasteiger charge is -2.18. The summed E-state index contributed by atoms with van der Waals surface area (Å²) in [4.78, 5) is 25.5. The number of carbonyl (C=O) groups is 2. The summed E-state index contributed by atoms with van der Waals surface area (Å²) in [6, 6.07) is 0. The number of carbonyl (C=O) groups excluding carboxylic acids is 2. The molecular formula is C63H108O5. The molecule has 0 aromatic heterocycles. The van der Waals surface area contributed by atoms with E-state index in [0.717, 1.165) is 116 Å². The van der Waals surface area contributed by atoms with E-state index in [1.807, 2.05) is 0 Å². The number of rotatable bonds is 52. The van der Waals surface area contributed by atoms with Gasteiger partial charge in [-0.2, -0.15) is 0 Å². The smallest absolute Gasteiger partial charge is 0.306 e. The van der Waals surface area contributed by atoms with Crippen molar-refractivity contribution in [2.24, 2.45) is 0 Å². The highest BCUT2D eigenvalue weighted by molar-refractivity contribution is 5.70. The van der Waals surface area contributed by atoms with Crippen LogP contribution in [0, 0.1) is 0 Å². The highest BCUT2D eigenvalue weighted by atomic mass is 16.6. The van der Waals surface area contributed by atoms with Gasteiger partial charge in [0, 0.05) is 19.4 Å². The first-order valence-electron chi connectivity index (χ1n) is 28.8. The Hall–Kier alpha value is -3.18. The molecule has 0 heterocycles. The summed E-state index contributed by atoms with van der Waals surface area (Å²) in [5.74, 6) is -0.430. The van der Waals surface area contributed by atoms with Crippen LogP contribution in [0.5, 0.6) is 0 Å². The Kier molecular flexibility index (Phi) is 55.4. The summed E-state index contributed by atoms with van der Waals surface area (Å²) < 4.78 is 17.5. The second-order valence-corrected chi connectivity index (χ2v) is 18.8. The summed E-state index contributed by atoms with van der Waals surface area (Å²) in [6.07, 6.45) is 78.6. The van der Waals surface area contributed by atoms with Crippen LogP contribution < -0.4 is 0 Å². The van der Waals surface area contributed by atoms with E-state index in [9.17, 15) is 9.59 Å². The summed E-state index contributed by atoms with van der Waals surface area (Å²) in [5.41, 5.74) is 0. The second kappa shape index (κ2) is 58.1. The van der Waals surface area contributed by atoms with Gasteiger partial charge in [-0.3, -0.25) is 9.59 Å². The molecule has 0 spiro atoms. The highest BCUT2D eigenvalue weighted by Gasteiger charge is 2.17. The van der Waals surface area contributed by atoms with Gasteiger partial charge in [-0.25, -0.2) is 0 Å². The molecule has 0 bridgehead atoms. The molecule has 1 unspecified atom stereocenters. The molecule has 0 aliphatic heterocycles. The summed E-state index contributed by atoms with van der Waals surface area (Å²) in [7, 11) is 0. The number of esters is 2. The molecule has 0 amide bonds. The van der Waals surface area contributed by atoms with Crippen LogP contribution in [0.3, 0.4) is 0 Å². The molecule has 5 heteroatoms. The molecule has 0 aliphatic carbocycles. The van der Waals surface area contributed by atoms with Crippen molar-refractivity contribution in [1.82, 2.24) is 0 Å². The first-order valence-corrected chi connectivity index (χ1v) is 28.8. The van der Waals surface area contributed by atoms with Gasteiger partial charge in [0.1, 0.15) is 6.61 Å². The molecule has 0 aliphatic rings. The van der Waals surface area contributed by atoms with Crippen LogP contribution in [0.25, 0.3) is 0 Å². The molecule has 5 nitrogen and oxygen atoms in total. The van der Waals surface area contributed by atoms with Gasteiger partial charge < -0.3 is 14.2 Å². The van der Waals surface area contributed by atoms with Crippen LogP contribution in [-0.2, 0) is 23.8 Å². The van der Waals surface area contributed by atoms with Gasteiger partial charge in [0.25, 0.3) is 0 Å². The normalized spacial score (nSPS) is 12.9. The SMILES string of the molecule is CC/C=C\C/C=C\C/C=C\C/C=C\CCCCCCCOCC(COC(=O)CCCCCC/C=C\C/C=C\C/C=C\C/C=C\CC)OC(=O)CCCCCCCCCCCCCCCCCCC. The van der Waals surface area contributed by atoms with E-state index in [-0.39, 0.29) is 25.2 Å². The van der Waals surface area contributed by atoms with E-state index < -0.39 is 6.10 Å². The Morgan fingerprint density at radius 3 is 1.06 bits per heavy atom. The molecule has 1 atom stereocenters. The van der Waals surface area contributed by atoms with E-state index >= 15 is 0 Å². The number of hydrogen-bond donors (Lipinski definition) is 0. The minimum atomic E-state index is -0.561. The lowest BCUT2D eigenvalue weighted by molar-refractivity contribution is -0.163. The van der Waals surface area contributed by atoms with Crippen molar-refractivity contribution >= 4 is 11.9 Å². The largest absolute Gasteiger partial charge is 0.462 e. The average Bonchev–Trinajstić information content (AvgIpc) is 3.34. The third-order valence-corrected chi connectivity index (χ3v) is 12.1. The first-order chi connectivity index (χ1) is 33.6. The molecule has 0 fully saturated rings. The lowest BCUT2D eigenvalue weighted by atomic mass is 10.0. The minimum absolute atomic E-state index is 0.0623. The van der Waals surface area contributed by atoms with Gasteiger partial charge >= 0.3 is 11.9 Å². The lowest BCUT2D eigenvalue weighted by Crippen LogP contribution is -2.30. The number of allylic oxidation sites excluding steroid dienone is 16. The van der Waals surface area contributed by atoms with Crippen LogP contribution in [0.15, 0.2) is 97.2 Å². The van der Waals surface area contributed by atoms with Crippen LogP contribution in [0.4, 0.5) is 0 Å². The topological polar surface area (TPSA) is 61.8 Å². The molecule has 0 aromatic rings. The number of hydrogen-bond acceptors (Lipinski definition) is 5. The molecular weight excluding hydrogens is 837 g/mol. The van der Waals surface area contributed by atoms with E-state index in [1.54, 1.807) is 0 Å². The van der Waals surface area contributed by atoms with Crippen LogP contribution in [0.2, 0.25) is 0 Å². The zero-order valence-corrected chi connectivity index (χ0v) is 44.8. The number of ether oxygens (including phenoxy) is 3. The van der Waals surface area contributed by atoms with Crippen LogP contribution in [0.1, 0.15) is 265 Å². The molecule has 390 valence electrons. The third-order valence-electron chi connectivity index (χ3n) is 12.1. The van der Waals surface area contributed by atoms with Gasteiger partial charge in [0.05, 0.1) is 6.61 Å². The molecule has 0 N–H and O–H groups in total. The van der Waals surface area contributed by atoms with Crippen molar-refractivity contribution < 1.29 is 23.8 Å². The third kappa shape index (κ3) is 55.4. The average molecular weight is 946 g/mol. The van der Waals surface area contributed by atoms with Gasteiger partial charge in [-0.1, -0.05) is 253 Å². The van der Waals surface area contributed by atoms with Gasteiger partial charge in [0.15, 0.2) is 6.10 Å². The molecule has 0 aromatic carbocycles. The summed E-state index contributed by atoms with van der Waals surface area (Å²) in [6.45, 7) is 7.56. The Labute approximate surface area is 422 Å². The van der Waals surface area contributed by atoms with E-state index in [4.69, 9.17) is 14.2 Å². The van der Waals surface area contributed by atoms with Crippen molar-refractivity contribution in [3.05, 3.63) is 97.2 Å². The fourth-order valence-corrected chi connectivity index (χ4v) is 7.90. The van der Waals surface area contributed by atoms with Gasteiger partial charge in [0.2, 0.25) is 0 Å². The van der Waals surface area contributed by atoms with Crippen molar-refractivity contribution in [1.29, 1.82) is 0 Å². The Morgan fingerprint density at radius 1 is 0.338 bits per heavy atom. The fraction of sp³-hybridized carbons (Fsp3) is 0.714. The quantitative estimate of drug-likeness (QED) is 0.0345. The predicted molar refractivity (Wildman–Crippen MR) is 297 cm³/mol. The zero-order chi connectivity index (χ0) is 49.2. The Bertz CT molecular complexity index is 1300. The second-order valence-electron chi connectivity index (χ2n) is 18.8. The predicted octanol–water partition coefficient (Wildman–Crippen LogP) is 19.8. The standard InChI is InChI=1S/C63H108O5/c1-4-7-10-13-16-19-22-25-28-31-34-37-40-43-46-49-52-55-58-66-59-61(68-63(65)57-54-51-48-45-42-39-36-33-30-27-24-21-18-15-12-9-6-3)60-67-62(64)56-53-50-47-44-41-38-35-32-29-26-23-20-17-14-11-8-5-2/h7-8,10-11,16-17,19-20,25-26,28-29,34-35,37-38,61H,4-6,9,12-15,18,21-24,27,30-33,36,39-60H2,1-3H3/b10-7-,11-8-,19-16-,20-17-,28-25-,29-26-,37-34-,38-35-. The van der Waals surface area contributed by atoms with E-state index in [2.05, 4.69) is 118 Å². The highest BCUT2D eigenvalue weighted by Crippen LogP contribution is 2.16. The maximum Gasteiger partial charge on any atom is 0.306 e. The zero-order valence-electron chi connectivity index (χ0n) is 44.8. The van der Waals surface area contributed by atoms with E-state index in [0.29, 0.717) is 19.4 Å². The minimum Gasteiger partial charge on any atom is -0.462 e. The first kappa shape index (κ1) is 64.8. The summed E-state index contributed by atoms with van der Waals surface area (Å²) in [5, 5.41) is 0. The van der Waals surface area contributed by atoms with Crippen LogP contribution >= 0.6 is 0 Å².